The highest BCUT2D eigenvalue weighted by atomic mass is 79.9. The minimum atomic E-state index is -0.584. The summed E-state index contributed by atoms with van der Waals surface area (Å²) in [5, 5.41) is 13.8. The number of aromatic nitrogens is 2. The van der Waals surface area contributed by atoms with Gasteiger partial charge in [-0.15, -0.1) is 11.3 Å². The van der Waals surface area contributed by atoms with Crippen LogP contribution in [0.25, 0.3) is 0 Å². The lowest BCUT2D eigenvalue weighted by atomic mass is 10.3. The number of anilines is 2. The lowest BCUT2D eigenvalue weighted by Crippen LogP contribution is -2.10. The zero-order chi connectivity index (χ0) is 13.8. The molecule has 100 valence electrons. The van der Waals surface area contributed by atoms with Gasteiger partial charge in [0.2, 0.25) is 11.6 Å². The zero-order valence-corrected chi connectivity index (χ0v) is 12.1. The predicted octanol–water partition coefficient (Wildman–Crippen LogP) is 2.45. The van der Waals surface area contributed by atoms with E-state index in [0.29, 0.717) is 6.54 Å². The quantitative estimate of drug-likeness (QED) is 0.637. The van der Waals surface area contributed by atoms with E-state index >= 15 is 0 Å². The number of nitro groups is 1. The number of nitrogen functional groups attached to an aromatic ring is 1. The molecule has 0 amide bonds. The molecule has 0 aliphatic carbocycles. The van der Waals surface area contributed by atoms with Gasteiger partial charge in [-0.2, -0.15) is 0 Å². The molecule has 0 bridgehead atoms. The first kappa shape index (κ1) is 13.7. The summed E-state index contributed by atoms with van der Waals surface area (Å²) in [6.45, 7) is 0.532. The molecule has 2 aromatic rings. The fourth-order valence-electron chi connectivity index (χ4n) is 1.49. The summed E-state index contributed by atoms with van der Waals surface area (Å²) in [5.41, 5.74) is 5.19. The first-order chi connectivity index (χ1) is 9.08. The number of rotatable bonds is 5. The Balaban J connectivity index is 2.03. The second kappa shape index (κ2) is 5.93. The fraction of sp³-hybridized carbons (Fsp3) is 0.200. The number of hydrogen-bond acceptors (Lipinski definition) is 7. The van der Waals surface area contributed by atoms with Crippen molar-refractivity contribution in [2.75, 3.05) is 17.6 Å². The van der Waals surface area contributed by atoms with Gasteiger partial charge in [0.25, 0.3) is 0 Å². The molecule has 0 aliphatic rings. The number of thiophene rings is 1. The highest BCUT2D eigenvalue weighted by Gasteiger charge is 2.20. The summed E-state index contributed by atoms with van der Waals surface area (Å²) in [6.07, 6.45) is 1.95. The molecule has 19 heavy (non-hydrogen) atoms. The molecule has 0 saturated carbocycles. The Kier molecular flexibility index (Phi) is 4.27. The second-order valence-electron chi connectivity index (χ2n) is 3.60. The van der Waals surface area contributed by atoms with Crippen LogP contribution in [-0.4, -0.2) is 21.4 Å². The molecule has 0 aromatic carbocycles. The van der Waals surface area contributed by atoms with Crippen LogP contribution in [0.4, 0.5) is 17.3 Å². The molecule has 0 atom stereocenters. The Labute approximate surface area is 121 Å². The topological polar surface area (TPSA) is 107 Å². The first-order valence-electron chi connectivity index (χ1n) is 5.31. The lowest BCUT2D eigenvalue weighted by molar-refractivity contribution is -0.383. The fourth-order valence-corrected chi connectivity index (χ4v) is 2.97. The van der Waals surface area contributed by atoms with Gasteiger partial charge >= 0.3 is 5.69 Å². The van der Waals surface area contributed by atoms with E-state index in [4.69, 9.17) is 5.73 Å². The van der Waals surface area contributed by atoms with Gasteiger partial charge in [-0.1, -0.05) is 0 Å². The molecule has 0 radical (unpaired) electrons. The van der Waals surface area contributed by atoms with E-state index in [1.54, 1.807) is 11.3 Å². The Hall–Kier alpha value is -1.74. The van der Waals surface area contributed by atoms with E-state index in [0.717, 1.165) is 10.2 Å². The van der Waals surface area contributed by atoms with Gasteiger partial charge in [-0.25, -0.2) is 9.97 Å². The van der Waals surface area contributed by atoms with Gasteiger partial charge in [0.15, 0.2) is 0 Å². The van der Waals surface area contributed by atoms with Crippen LogP contribution in [0.5, 0.6) is 0 Å². The van der Waals surface area contributed by atoms with Gasteiger partial charge in [-0.3, -0.25) is 10.1 Å². The number of hydrogen-bond donors (Lipinski definition) is 2. The van der Waals surface area contributed by atoms with Crippen molar-refractivity contribution >= 4 is 44.6 Å². The summed E-state index contributed by atoms with van der Waals surface area (Å²) < 4.78 is 1.06. The Morgan fingerprint density at radius 3 is 2.89 bits per heavy atom. The third-order valence-corrected chi connectivity index (χ3v) is 4.01. The summed E-state index contributed by atoms with van der Waals surface area (Å²) in [7, 11) is 0. The SMILES string of the molecule is Nc1ncnc(NCCc2ccc(Br)s2)c1[N+](=O)[O-]. The maximum Gasteiger partial charge on any atom is 0.352 e. The minimum Gasteiger partial charge on any atom is -0.378 e. The van der Waals surface area contributed by atoms with Crippen LogP contribution in [0.1, 0.15) is 4.88 Å². The summed E-state index contributed by atoms with van der Waals surface area (Å²) >= 11 is 5.00. The van der Waals surface area contributed by atoms with Gasteiger partial charge in [0.1, 0.15) is 6.33 Å². The first-order valence-corrected chi connectivity index (χ1v) is 6.92. The molecular weight excluding hydrogens is 334 g/mol. The van der Waals surface area contributed by atoms with Crippen molar-refractivity contribution < 1.29 is 4.92 Å². The van der Waals surface area contributed by atoms with Crippen LogP contribution < -0.4 is 11.1 Å². The zero-order valence-electron chi connectivity index (χ0n) is 9.67. The maximum atomic E-state index is 10.9. The highest BCUT2D eigenvalue weighted by molar-refractivity contribution is 9.11. The largest absolute Gasteiger partial charge is 0.378 e. The number of nitrogens with two attached hydrogens (primary N) is 1. The molecule has 9 heteroatoms. The van der Waals surface area contributed by atoms with Crippen molar-refractivity contribution in [1.29, 1.82) is 0 Å². The smallest absolute Gasteiger partial charge is 0.352 e. The van der Waals surface area contributed by atoms with Crippen molar-refractivity contribution in [3.05, 3.63) is 37.2 Å². The Bertz CT molecular complexity index is 603. The van der Waals surface area contributed by atoms with E-state index in [1.807, 2.05) is 12.1 Å². The number of halogens is 1. The van der Waals surface area contributed by atoms with Gasteiger partial charge in [0.05, 0.1) is 8.71 Å². The van der Waals surface area contributed by atoms with Crippen molar-refractivity contribution in [2.45, 2.75) is 6.42 Å². The predicted molar refractivity (Wildman–Crippen MR) is 77.3 cm³/mol. The molecule has 0 spiro atoms. The molecule has 0 aliphatic heterocycles. The average molecular weight is 344 g/mol. The maximum absolute atomic E-state index is 10.9. The molecule has 0 saturated heterocycles. The van der Waals surface area contributed by atoms with Crippen LogP contribution in [0, 0.1) is 10.1 Å². The van der Waals surface area contributed by atoms with E-state index in [9.17, 15) is 10.1 Å². The molecule has 2 rings (SSSR count). The third-order valence-electron chi connectivity index (χ3n) is 2.33. The minimum absolute atomic E-state index is 0.138. The monoisotopic (exact) mass is 343 g/mol. The second-order valence-corrected chi connectivity index (χ2v) is 6.14. The van der Waals surface area contributed by atoms with Crippen LogP contribution in [0.2, 0.25) is 0 Å². The van der Waals surface area contributed by atoms with Crippen LogP contribution in [0.3, 0.4) is 0 Å². The van der Waals surface area contributed by atoms with Crippen molar-refractivity contribution in [1.82, 2.24) is 9.97 Å². The van der Waals surface area contributed by atoms with E-state index in [1.165, 1.54) is 11.2 Å². The van der Waals surface area contributed by atoms with Crippen LogP contribution in [0.15, 0.2) is 22.2 Å². The summed E-state index contributed by atoms with van der Waals surface area (Å²) in [6, 6.07) is 3.96. The van der Waals surface area contributed by atoms with Crippen molar-refractivity contribution in [3.8, 4) is 0 Å². The van der Waals surface area contributed by atoms with Crippen LogP contribution in [-0.2, 0) is 6.42 Å². The number of nitrogens with one attached hydrogen (secondary N) is 1. The van der Waals surface area contributed by atoms with Gasteiger partial charge in [0, 0.05) is 11.4 Å². The Morgan fingerprint density at radius 2 is 2.26 bits per heavy atom. The number of nitrogens with zero attached hydrogens (tertiary/aromatic N) is 3. The molecule has 2 aromatic heterocycles. The van der Waals surface area contributed by atoms with E-state index < -0.39 is 4.92 Å². The highest BCUT2D eigenvalue weighted by Crippen LogP contribution is 2.26. The molecular formula is C10H10BrN5O2S. The molecule has 0 fully saturated rings. The summed E-state index contributed by atoms with van der Waals surface area (Å²) in [5.74, 6) is 0.00879. The average Bonchev–Trinajstić information content (AvgIpc) is 2.74. The standard InChI is InChI=1S/C10H10BrN5O2S/c11-7-2-1-6(19-7)3-4-13-10-8(16(17)18)9(12)14-5-15-10/h1-2,5H,3-4H2,(H3,12,13,14,15). The van der Waals surface area contributed by atoms with Gasteiger partial charge in [-0.05, 0) is 34.5 Å². The molecule has 7 nitrogen and oxygen atoms in total. The normalized spacial score (nSPS) is 10.4. The van der Waals surface area contributed by atoms with E-state index in [2.05, 4.69) is 31.2 Å². The van der Waals surface area contributed by atoms with Crippen molar-refractivity contribution in [3.63, 3.8) is 0 Å². The molecule has 0 unspecified atom stereocenters. The molecule has 2 heterocycles. The van der Waals surface area contributed by atoms with Crippen molar-refractivity contribution in [2.24, 2.45) is 0 Å². The lowest BCUT2D eigenvalue weighted by Gasteiger charge is -2.05. The van der Waals surface area contributed by atoms with Gasteiger partial charge < -0.3 is 11.1 Å². The molecule has 3 N–H and O–H groups in total. The summed E-state index contributed by atoms with van der Waals surface area (Å²) in [4.78, 5) is 18.9. The van der Waals surface area contributed by atoms with Crippen LogP contribution >= 0.6 is 27.3 Å². The van der Waals surface area contributed by atoms with E-state index in [-0.39, 0.29) is 17.3 Å². The third kappa shape index (κ3) is 3.38. The Morgan fingerprint density at radius 1 is 1.47 bits per heavy atom.